The van der Waals surface area contributed by atoms with Crippen LogP contribution in [0.15, 0.2) is 0 Å². The van der Waals surface area contributed by atoms with Crippen molar-refractivity contribution in [3.05, 3.63) is 11.4 Å². The summed E-state index contributed by atoms with van der Waals surface area (Å²) in [7, 11) is 1.69. The third-order valence-corrected chi connectivity index (χ3v) is 3.40. The summed E-state index contributed by atoms with van der Waals surface area (Å²) in [5.74, 6) is 1.36. The summed E-state index contributed by atoms with van der Waals surface area (Å²) in [5.41, 5.74) is -1.20. The minimum absolute atomic E-state index is 0.0935. The van der Waals surface area contributed by atoms with E-state index in [1.807, 2.05) is 6.92 Å². The third kappa shape index (κ3) is 2.46. The van der Waals surface area contributed by atoms with Gasteiger partial charge in [0.05, 0.1) is 0 Å². The van der Waals surface area contributed by atoms with E-state index in [9.17, 15) is 13.2 Å². The molecule has 0 radical (unpaired) electrons. The van der Waals surface area contributed by atoms with Crippen molar-refractivity contribution >= 4 is 11.6 Å². The van der Waals surface area contributed by atoms with Crippen LogP contribution in [0.5, 0.6) is 0 Å². The predicted octanol–water partition coefficient (Wildman–Crippen LogP) is 2.90. The molecule has 0 spiro atoms. The Labute approximate surface area is 109 Å². The fraction of sp³-hybridized carbons (Fsp3) is 0.667. The van der Waals surface area contributed by atoms with Gasteiger partial charge in [0.1, 0.15) is 23.0 Å². The molecule has 4 nitrogen and oxygen atoms in total. The Hall–Kier alpha value is -1.53. The normalized spacial score (nSPS) is 17.2. The van der Waals surface area contributed by atoms with Gasteiger partial charge in [-0.3, -0.25) is 0 Å². The monoisotopic (exact) mass is 274 g/mol. The fourth-order valence-electron chi connectivity index (χ4n) is 1.92. The smallest absolute Gasteiger partial charge is 0.373 e. The lowest BCUT2D eigenvalue weighted by atomic mass is 10.2. The molecule has 2 rings (SSSR count). The van der Waals surface area contributed by atoms with Gasteiger partial charge in [-0.2, -0.15) is 13.2 Å². The van der Waals surface area contributed by atoms with E-state index in [1.54, 1.807) is 14.0 Å². The van der Waals surface area contributed by atoms with E-state index in [2.05, 4.69) is 20.6 Å². The maximum Gasteiger partial charge on any atom is 0.411 e. The van der Waals surface area contributed by atoms with E-state index in [0.29, 0.717) is 23.6 Å². The summed E-state index contributed by atoms with van der Waals surface area (Å²) in [4.78, 5) is 8.41. The molecule has 0 saturated heterocycles. The molecule has 0 bridgehead atoms. The van der Waals surface area contributed by atoms with Gasteiger partial charge in [-0.15, -0.1) is 0 Å². The van der Waals surface area contributed by atoms with Gasteiger partial charge in [0, 0.05) is 19.0 Å². The summed E-state index contributed by atoms with van der Waals surface area (Å²) in [6.07, 6.45) is -3.49. The third-order valence-electron chi connectivity index (χ3n) is 3.40. The first kappa shape index (κ1) is 13.9. The van der Waals surface area contributed by atoms with Crippen LogP contribution in [0, 0.1) is 6.92 Å². The number of nitrogens with zero attached hydrogens (tertiary/aromatic N) is 2. The van der Waals surface area contributed by atoms with Crippen LogP contribution in [0.3, 0.4) is 0 Å². The zero-order valence-electron chi connectivity index (χ0n) is 11.1. The quantitative estimate of drug-likeness (QED) is 0.886. The summed E-state index contributed by atoms with van der Waals surface area (Å²) < 4.78 is 38.9. The molecule has 0 aromatic carbocycles. The molecule has 1 saturated carbocycles. The molecule has 0 amide bonds. The number of hydrogen-bond donors (Lipinski definition) is 2. The zero-order chi connectivity index (χ0) is 14.3. The average molecular weight is 274 g/mol. The number of halogens is 3. The molecule has 0 atom stereocenters. The van der Waals surface area contributed by atoms with Gasteiger partial charge in [0.15, 0.2) is 0 Å². The molecule has 1 aliphatic rings. The van der Waals surface area contributed by atoms with Crippen molar-refractivity contribution in [1.82, 2.24) is 9.97 Å². The first-order valence-electron chi connectivity index (χ1n) is 6.23. The number of aryl methyl sites for hydroxylation is 1. The predicted molar refractivity (Wildman–Crippen MR) is 67.3 cm³/mol. The molecule has 7 heteroatoms. The van der Waals surface area contributed by atoms with Crippen LogP contribution in [0.1, 0.15) is 31.2 Å². The van der Waals surface area contributed by atoms with Crippen LogP contribution in [0.4, 0.5) is 24.8 Å². The number of aromatic nitrogens is 2. The van der Waals surface area contributed by atoms with E-state index < -0.39 is 11.7 Å². The average Bonchev–Trinajstić information content (AvgIpc) is 3.12. The summed E-state index contributed by atoms with van der Waals surface area (Å²) in [5, 5.41) is 5.45. The minimum Gasteiger partial charge on any atom is -0.373 e. The highest BCUT2D eigenvalue weighted by atomic mass is 19.4. The molecule has 1 heterocycles. The van der Waals surface area contributed by atoms with Gasteiger partial charge >= 0.3 is 6.18 Å². The Morgan fingerprint density at radius 2 is 1.79 bits per heavy atom. The highest BCUT2D eigenvalue weighted by Gasteiger charge is 2.63. The lowest BCUT2D eigenvalue weighted by Crippen LogP contribution is -2.39. The molecule has 1 aromatic heterocycles. The van der Waals surface area contributed by atoms with Crippen molar-refractivity contribution in [2.75, 3.05) is 17.7 Å². The number of rotatable bonds is 4. The molecule has 0 unspecified atom stereocenters. The standard InChI is InChI=1S/C12H17F3N4/c1-4-8-17-9(16-3)7(2)10(18-8)19-11(5-6-11)12(13,14)15/h4-6H2,1-3H3,(H2,16,17,18,19). The second kappa shape index (κ2) is 4.54. The van der Waals surface area contributed by atoms with Crippen molar-refractivity contribution in [2.45, 2.75) is 44.8 Å². The number of nitrogens with one attached hydrogen (secondary N) is 2. The van der Waals surface area contributed by atoms with Crippen molar-refractivity contribution in [2.24, 2.45) is 0 Å². The van der Waals surface area contributed by atoms with E-state index >= 15 is 0 Å². The molecule has 1 aromatic rings. The second-order valence-electron chi connectivity index (χ2n) is 4.77. The minimum atomic E-state index is -4.25. The Balaban J connectivity index is 2.35. The van der Waals surface area contributed by atoms with Crippen LogP contribution in [0.25, 0.3) is 0 Å². The summed E-state index contributed by atoms with van der Waals surface area (Å²) in [6, 6.07) is 0. The Morgan fingerprint density at radius 1 is 1.21 bits per heavy atom. The Kier molecular flexibility index (Phi) is 3.32. The van der Waals surface area contributed by atoms with Gasteiger partial charge in [0.25, 0.3) is 0 Å². The number of hydrogen-bond acceptors (Lipinski definition) is 4. The van der Waals surface area contributed by atoms with Gasteiger partial charge in [-0.1, -0.05) is 6.92 Å². The lowest BCUT2D eigenvalue weighted by Gasteiger charge is -2.23. The summed E-state index contributed by atoms with van der Waals surface area (Å²) in [6.45, 7) is 3.57. The zero-order valence-corrected chi connectivity index (χ0v) is 11.1. The van der Waals surface area contributed by atoms with Crippen LogP contribution >= 0.6 is 0 Å². The molecule has 1 aliphatic carbocycles. The van der Waals surface area contributed by atoms with Gasteiger partial charge in [-0.05, 0) is 19.8 Å². The molecule has 0 aliphatic heterocycles. The highest BCUT2D eigenvalue weighted by molar-refractivity contribution is 5.59. The maximum absolute atomic E-state index is 13.0. The van der Waals surface area contributed by atoms with Crippen LogP contribution in [-0.2, 0) is 6.42 Å². The first-order valence-corrected chi connectivity index (χ1v) is 6.23. The highest BCUT2D eigenvalue weighted by Crippen LogP contribution is 2.51. The van der Waals surface area contributed by atoms with Gasteiger partial charge < -0.3 is 10.6 Å². The maximum atomic E-state index is 13.0. The van der Waals surface area contributed by atoms with Crippen LogP contribution < -0.4 is 10.6 Å². The molecule has 19 heavy (non-hydrogen) atoms. The molecule has 106 valence electrons. The SMILES string of the molecule is CCc1nc(NC)c(C)c(NC2(C(F)(F)F)CC2)n1. The Bertz CT molecular complexity index is 481. The van der Waals surface area contributed by atoms with E-state index in [0.717, 1.165) is 0 Å². The fourth-order valence-corrected chi connectivity index (χ4v) is 1.92. The largest absolute Gasteiger partial charge is 0.411 e. The Morgan fingerprint density at radius 3 is 2.21 bits per heavy atom. The second-order valence-corrected chi connectivity index (χ2v) is 4.77. The van der Waals surface area contributed by atoms with E-state index in [-0.39, 0.29) is 18.7 Å². The van der Waals surface area contributed by atoms with E-state index in [4.69, 9.17) is 0 Å². The van der Waals surface area contributed by atoms with Crippen molar-refractivity contribution < 1.29 is 13.2 Å². The first-order chi connectivity index (χ1) is 8.83. The van der Waals surface area contributed by atoms with Crippen molar-refractivity contribution in [3.63, 3.8) is 0 Å². The summed E-state index contributed by atoms with van der Waals surface area (Å²) >= 11 is 0. The van der Waals surface area contributed by atoms with Gasteiger partial charge in [-0.25, -0.2) is 9.97 Å². The molecule has 1 fully saturated rings. The molecular formula is C12H17F3N4. The lowest BCUT2D eigenvalue weighted by molar-refractivity contribution is -0.151. The molecule has 2 N–H and O–H groups in total. The van der Waals surface area contributed by atoms with E-state index in [1.165, 1.54) is 0 Å². The van der Waals surface area contributed by atoms with Crippen LogP contribution in [0.2, 0.25) is 0 Å². The number of alkyl halides is 3. The topological polar surface area (TPSA) is 49.8 Å². The number of anilines is 2. The van der Waals surface area contributed by atoms with Gasteiger partial charge in [0.2, 0.25) is 0 Å². The van der Waals surface area contributed by atoms with Crippen molar-refractivity contribution in [3.8, 4) is 0 Å². The molecular weight excluding hydrogens is 257 g/mol. The van der Waals surface area contributed by atoms with Crippen LogP contribution in [-0.4, -0.2) is 28.7 Å². The van der Waals surface area contributed by atoms with Crippen molar-refractivity contribution in [1.29, 1.82) is 0 Å².